The van der Waals surface area contributed by atoms with E-state index in [0.717, 1.165) is 0 Å². The molecule has 1 heterocycles. The van der Waals surface area contributed by atoms with Crippen LogP contribution in [0.5, 0.6) is 0 Å². The first kappa shape index (κ1) is 13.1. The van der Waals surface area contributed by atoms with Gasteiger partial charge >= 0.3 is 5.69 Å². The van der Waals surface area contributed by atoms with Crippen molar-refractivity contribution in [3.05, 3.63) is 62.2 Å². The summed E-state index contributed by atoms with van der Waals surface area (Å²) in [6.07, 6.45) is 1.99. The normalized spacial score (nSPS) is 10.6. The Balaban J connectivity index is 2.46. The predicted molar refractivity (Wildman–Crippen MR) is 70.6 cm³/mol. The molecule has 5 nitrogen and oxygen atoms in total. The third-order valence-electron chi connectivity index (χ3n) is 2.91. The average molecular weight is 263 g/mol. The molecule has 0 aliphatic heterocycles. The van der Waals surface area contributed by atoms with Crippen LogP contribution in [0.15, 0.2) is 34.0 Å². The van der Waals surface area contributed by atoms with E-state index in [1.807, 2.05) is 6.92 Å². The van der Waals surface area contributed by atoms with Gasteiger partial charge in [-0.2, -0.15) is 0 Å². The van der Waals surface area contributed by atoms with Crippen molar-refractivity contribution in [1.82, 2.24) is 9.55 Å². The minimum absolute atomic E-state index is 0.117. The Morgan fingerprint density at radius 1 is 1.32 bits per heavy atom. The molecule has 3 N–H and O–H groups in total. The third-order valence-corrected chi connectivity index (χ3v) is 2.91. The first-order valence-corrected chi connectivity index (χ1v) is 5.87. The van der Waals surface area contributed by atoms with E-state index >= 15 is 0 Å². The maximum Gasteiger partial charge on any atom is 0.328 e. The zero-order chi connectivity index (χ0) is 14.0. The number of benzene rings is 1. The van der Waals surface area contributed by atoms with Crippen LogP contribution >= 0.6 is 0 Å². The van der Waals surface area contributed by atoms with Crippen molar-refractivity contribution < 1.29 is 4.39 Å². The lowest BCUT2D eigenvalue weighted by Gasteiger charge is -2.09. The highest BCUT2D eigenvalue weighted by Gasteiger charge is 2.06. The van der Waals surface area contributed by atoms with Crippen molar-refractivity contribution >= 4 is 5.69 Å². The molecular formula is C13H14FN3O2. The predicted octanol–water partition coefficient (Wildman–Crippen LogP) is 0.869. The zero-order valence-electron chi connectivity index (χ0n) is 10.4. The van der Waals surface area contributed by atoms with Crippen molar-refractivity contribution in [1.29, 1.82) is 0 Å². The highest BCUT2D eigenvalue weighted by Crippen LogP contribution is 2.14. The topological polar surface area (TPSA) is 80.9 Å². The molecule has 0 unspecified atom stereocenters. The molecule has 0 saturated carbocycles. The van der Waals surface area contributed by atoms with Gasteiger partial charge in [0.05, 0.1) is 6.54 Å². The van der Waals surface area contributed by atoms with Crippen LogP contribution in [-0.2, 0) is 13.0 Å². The molecule has 0 aliphatic carbocycles. The minimum atomic E-state index is -0.536. The van der Waals surface area contributed by atoms with Crippen molar-refractivity contribution in [3.63, 3.8) is 0 Å². The lowest BCUT2D eigenvalue weighted by Crippen LogP contribution is -2.32. The number of nitrogens with zero attached hydrogens (tertiary/aromatic N) is 1. The number of nitrogen functional groups attached to an aromatic ring is 1. The number of rotatable bonds is 3. The number of nitrogens with one attached hydrogen (secondary N) is 1. The van der Waals surface area contributed by atoms with Gasteiger partial charge in [-0.25, -0.2) is 9.18 Å². The van der Waals surface area contributed by atoms with E-state index in [-0.39, 0.29) is 6.54 Å². The van der Waals surface area contributed by atoms with E-state index < -0.39 is 17.1 Å². The summed E-state index contributed by atoms with van der Waals surface area (Å²) in [5, 5.41) is 0. The van der Waals surface area contributed by atoms with Crippen LogP contribution in [0.2, 0.25) is 0 Å². The summed E-state index contributed by atoms with van der Waals surface area (Å²) in [7, 11) is 0. The summed E-state index contributed by atoms with van der Waals surface area (Å²) in [6.45, 7) is 1.93. The summed E-state index contributed by atoms with van der Waals surface area (Å²) < 4.78 is 14.5. The summed E-state index contributed by atoms with van der Waals surface area (Å²) >= 11 is 0. The summed E-state index contributed by atoms with van der Waals surface area (Å²) in [5.74, 6) is -0.419. The monoisotopic (exact) mass is 263 g/mol. The Bertz CT molecular complexity index is 719. The van der Waals surface area contributed by atoms with Crippen molar-refractivity contribution in [2.75, 3.05) is 5.73 Å². The Morgan fingerprint density at radius 3 is 2.74 bits per heavy atom. The fourth-order valence-corrected chi connectivity index (χ4v) is 1.82. The number of aromatic amines is 1. The number of H-pyrrole nitrogens is 1. The van der Waals surface area contributed by atoms with Gasteiger partial charge in [0.15, 0.2) is 0 Å². The minimum Gasteiger partial charge on any atom is -0.398 e. The summed E-state index contributed by atoms with van der Waals surface area (Å²) in [5.41, 5.74) is 6.20. The molecule has 1 aromatic carbocycles. The lowest BCUT2D eigenvalue weighted by atomic mass is 10.1. The van der Waals surface area contributed by atoms with Gasteiger partial charge in [0.25, 0.3) is 5.56 Å². The highest BCUT2D eigenvalue weighted by atomic mass is 19.1. The lowest BCUT2D eigenvalue weighted by molar-refractivity contribution is 0.622. The van der Waals surface area contributed by atoms with Crippen molar-refractivity contribution in [2.45, 2.75) is 19.9 Å². The van der Waals surface area contributed by atoms with Gasteiger partial charge in [0, 0.05) is 17.4 Å². The number of aromatic nitrogens is 2. The first-order valence-electron chi connectivity index (χ1n) is 5.87. The fourth-order valence-electron chi connectivity index (χ4n) is 1.82. The zero-order valence-corrected chi connectivity index (χ0v) is 10.4. The van der Waals surface area contributed by atoms with Gasteiger partial charge in [-0.1, -0.05) is 6.92 Å². The number of hydrogen-bond acceptors (Lipinski definition) is 3. The molecule has 1 aromatic heterocycles. The number of nitrogens with two attached hydrogens (primary N) is 1. The van der Waals surface area contributed by atoms with Gasteiger partial charge in [-0.15, -0.1) is 0 Å². The van der Waals surface area contributed by atoms with E-state index in [4.69, 9.17) is 5.73 Å². The van der Waals surface area contributed by atoms with Gasteiger partial charge in [0.1, 0.15) is 5.82 Å². The molecule has 0 aliphatic rings. The molecule has 2 rings (SSSR count). The fraction of sp³-hybridized carbons (Fsp3) is 0.231. The van der Waals surface area contributed by atoms with E-state index in [1.165, 1.54) is 29.0 Å². The molecule has 2 aromatic rings. The van der Waals surface area contributed by atoms with Crippen LogP contribution in [0.25, 0.3) is 0 Å². The second kappa shape index (κ2) is 5.09. The molecule has 19 heavy (non-hydrogen) atoms. The molecule has 0 spiro atoms. The highest BCUT2D eigenvalue weighted by molar-refractivity contribution is 5.46. The van der Waals surface area contributed by atoms with Crippen LogP contribution in [0.3, 0.4) is 0 Å². The number of halogens is 1. The molecule has 100 valence electrons. The number of aryl methyl sites for hydroxylation is 1. The quantitative estimate of drug-likeness (QED) is 0.806. The van der Waals surface area contributed by atoms with Gasteiger partial charge < -0.3 is 5.73 Å². The Labute approximate surface area is 108 Å². The largest absolute Gasteiger partial charge is 0.398 e. The van der Waals surface area contributed by atoms with Crippen LogP contribution in [0, 0.1) is 5.82 Å². The van der Waals surface area contributed by atoms with Gasteiger partial charge in [-0.05, 0) is 30.2 Å². The van der Waals surface area contributed by atoms with Crippen LogP contribution in [0.1, 0.15) is 18.1 Å². The molecule has 0 radical (unpaired) electrons. The summed E-state index contributed by atoms with van der Waals surface area (Å²) in [4.78, 5) is 25.4. The Morgan fingerprint density at radius 2 is 2.05 bits per heavy atom. The van der Waals surface area contributed by atoms with Crippen LogP contribution < -0.4 is 17.0 Å². The van der Waals surface area contributed by atoms with E-state index in [0.29, 0.717) is 23.2 Å². The Hall–Kier alpha value is -2.37. The first-order chi connectivity index (χ1) is 9.01. The second-order valence-corrected chi connectivity index (χ2v) is 4.24. The number of anilines is 1. The van der Waals surface area contributed by atoms with Crippen molar-refractivity contribution in [3.8, 4) is 0 Å². The number of hydrogen-bond donors (Lipinski definition) is 2. The van der Waals surface area contributed by atoms with E-state index in [9.17, 15) is 14.0 Å². The molecule has 0 fully saturated rings. The van der Waals surface area contributed by atoms with E-state index in [1.54, 1.807) is 0 Å². The molecular weight excluding hydrogens is 249 g/mol. The van der Waals surface area contributed by atoms with Crippen LogP contribution in [-0.4, -0.2) is 9.55 Å². The second-order valence-electron chi connectivity index (χ2n) is 4.24. The van der Waals surface area contributed by atoms with Gasteiger partial charge in [-0.3, -0.25) is 14.3 Å². The van der Waals surface area contributed by atoms with Crippen LogP contribution in [0.4, 0.5) is 10.1 Å². The smallest absolute Gasteiger partial charge is 0.328 e. The van der Waals surface area contributed by atoms with Crippen molar-refractivity contribution in [2.24, 2.45) is 0 Å². The SMILES string of the molecule is CCc1cn(Cc2cc(F)ccc2N)c(=O)[nH]c1=O. The maximum atomic E-state index is 13.2. The third kappa shape index (κ3) is 2.73. The average Bonchev–Trinajstić information content (AvgIpc) is 2.37. The Kier molecular flexibility index (Phi) is 3.50. The molecule has 0 amide bonds. The molecule has 0 bridgehead atoms. The molecule has 6 heteroatoms. The van der Waals surface area contributed by atoms with E-state index in [2.05, 4.69) is 4.98 Å². The standard InChI is InChI=1S/C13H14FN3O2/c1-2-8-6-17(13(19)16-12(8)18)7-9-5-10(14)3-4-11(9)15/h3-6H,2,7,15H2,1H3,(H,16,18,19). The maximum absolute atomic E-state index is 13.2. The molecule has 0 saturated heterocycles. The summed E-state index contributed by atoms with van der Waals surface area (Å²) in [6, 6.07) is 3.98. The molecule has 0 atom stereocenters. The van der Waals surface area contributed by atoms with Gasteiger partial charge in [0.2, 0.25) is 0 Å².